The molecule has 3 heterocycles. The molecule has 122 valence electrons. The molecule has 10 nitrogen and oxygen atoms in total. The fourth-order valence-corrected chi connectivity index (χ4v) is 2.07. The molecule has 1 fully saturated rings. The van der Waals surface area contributed by atoms with E-state index < -0.39 is 0 Å². The van der Waals surface area contributed by atoms with Gasteiger partial charge in [-0.05, 0) is 6.92 Å². The molecular weight excluding hydrogens is 306 g/mol. The van der Waals surface area contributed by atoms with Crippen LogP contribution >= 0.6 is 0 Å². The lowest BCUT2D eigenvalue weighted by Crippen LogP contribution is -2.40. The molecule has 23 heavy (non-hydrogen) atoms. The summed E-state index contributed by atoms with van der Waals surface area (Å²) in [5, 5.41) is 9.83. The zero-order valence-corrected chi connectivity index (χ0v) is 12.4. The van der Waals surface area contributed by atoms with Gasteiger partial charge in [-0.2, -0.15) is 4.98 Å². The Morgan fingerprint density at radius 3 is 2.74 bits per heavy atom. The van der Waals surface area contributed by atoms with E-state index >= 15 is 0 Å². The molecule has 0 atom stereocenters. The second-order valence-corrected chi connectivity index (χ2v) is 4.97. The van der Waals surface area contributed by atoms with Crippen LogP contribution in [0.25, 0.3) is 0 Å². The van der Waals surface area contributed by atoms with Gasteiger partial charge in [0.2, 0.25) is 5.91 Å². The molecule has 0 aromatic carbocycles. The largest absolute Gasteiger partial charge is 0.378 e. The Labute approximate surface area is 130 Å². The predicted octanol–water partition coefficient (Wildman–Crippen LogP) is 0.0196. The van der Waals surface area contributed by atoms with Crippen molar-refractivity contribution in [3.8, 4) is 0 Å². The van der Waals surface area contributed by atoms with E-state index in [1.54, 1.807) is 17.9 Å². The van der Waals surface area contributed by atoms with Gasteiger partial charge >= 0.3 is 11.8 Å². The third-order valence-corrected chi connectivity index (χ3v) is 3.16. The Morgan fingerprint density at radius 2 is 2.04 bits per heavy atom. The molecule has 2 amide bonds. The summed E-state index contributed by atoms with van der Waals surface area (Å²) < 4.78 is 14.9. The number of amides is 2. The summed E-state index contributed by atoms with van der Waals surface area (Å²) in [5.74, 6) is 0.134. The van der Waals surface area contributed by atoms with Crippen LogP contribution in [0.4, 0.5) is 5.82 Å². The lowest BCUT2D eigenvalue weighted by Gasteiger charge is -2.25. The number of aryl methyl sites for hydroxylation is 1. The van der Waals surface area contributed by atoms with Crippen molar-refractivity contribution in [1.29, 1.82) is 0 Å². The summed E-state index contributed by atoms with van der Waals surface area (Å²) in [4.78, 5) is 29.5. The van der Waals surface area contributed by atoms with Gasteiger partial charge in [0.25, 0.3) is 0 Å². The zero-order valence-electron chi connectivity index (χ0n) is 12.4. The maximum Gasteiger partial charge on any atom is 0.316 e. The summed E-state index contributed by atoms with van der Waals surface area (Å²) in [5.41, 5.74) is 0. The molecule has 0 saturated carbocycles. The van der Waals surface area contributed by atoms with Crippen molar-refractivity contribution in [2.24, 2.45) is 0 Å². The summed E-state index contributed by atoms with van der Waals surface area (Å²) in [6, 6.07) is 1.58. The van der Waals surface area contributed by atoms with Gasteiger partial charge in [-0.3, -0.25) is 9.59 Å². The maximum absolute atomic E-state index is 12.1. The maximum atomic E-state index is 12.1. The Bertz CT molecular complexity index is 703. The van der Waals surface area contributed by atoms with E-state index in [4.69, 9.17) is 13.8 Å². The zero-order chi connectivity index (χ0) is 16.2. The number of carbonyl (C=O) groups is 2. The summed E-state index contributed by atoms with van der Waals surface area (Å²) in [6.45, 7) is 3.62. The van der Waals surface area contributed by atoms with Crippen LogP contribution in [0.15, 0.2) is 15.1 Å². The lowest BCUT2D eigenvalue weighted by atomic mass is 10.3. The average Bonchev–Trinajstić information content (AvgIpc) is 3.16. The number of carbonyl (C=O) groups excluding carboxylic acids is 2. The van der Waals surface area contributed by atoms with E-state index in [9.17, 15) is 9.59 Å². The van der Waals surface area contributed by atoms with Crippen molar-refractivity contribution >= 4 is 17.6 Å². The molecule has 2 aromatic heterocycles. The van der Waals surface area contributed by atoms with Crippen LogP contribution in [0.2, 0.25) is 0 Å². The van der Waals surface area contributed by atoms with E-state index in [1.807, 2.05) is 0 Å². The van der Waals surface area contributed by atoms with Gasteiger partial charge in [0, 0.05) is 19.2 Å². The molecule has 3 rings (SSSR count). The first kappa shape index (κ1) is 15.2. The molecule has 0 aliphatic carbocycles. The standard InChI is InChI=1S/C13H15N5O5/c1-8-6-9(16-22-8)14-11(19)7-10-15-12(23-17-10)13(20)18-2-4-21-5-3-18/h6H,2-5,7H2,1H3,(H,14,16,19). The normalized spacial score (nSPS) is 14.7. The van der Waals surface area contributed by atoms with E-state index in [-0.39, 0.29) is 30.0 Å². The molecular formula is C13H15N5O5. The van der Waals surface area contributed by atoms with Crippen molar-refractivity contribution in [3.05, 3.63) is 23.5 Å². The van der Waals surface area contributed by atoms with Gasteiger partial charge in [-0.25, -0.2) is 0 Å². The number of morpholine rings is 1. The highest BCUT2D eigenvalue weighted by Gasteiger charge is 2.24. The highest BCUT2D eigenvalue weighted by atomic mass is 16.5. The smallest absolute Gasteiger partial charge is 0.316 e. The molecule has 1 aliphatic rings. The van der Waals surface area contributed by atoms with Gasteiger partial charge in [-0.1, -0.05) is 10.3 Å². The van der Waals surface area contributed by atoms with E-state index in [2.05, 4.69) is 20.6 Å². The minimum atomic E-state index is -0.385. The Hall–Kier alpha value is -2.75. The topological polar surface area (TPSA) is 124 Å². The predicted molar refractivity (Wildman–Crippen MR) is 74.6 cm³/mol. The molecule has 0 spiro atoms. The monoisotopic (exact) mass is 321 g/mol. The minimum absolute atomic E-state index is 0.124. The van der Waals surface area contributed by atoms with Crippen molar-refractivity contribution in [2.45, 2.75) is 13.3 Å². The van der Waals surface area contributed by atoms with Crippen LogP contribution < -0.4 is 5.32 Å². The van der Waals surface area contributed by atoms with Crippen LogP contribution in [0.3, 0.4) is 0 Å². The van der Waals surface area contributed by atoms with E-state index in [1.165, 1.54) is 0 Å². The molecule has 1 aliphatic heterocycles. The highest BCUT2D eigenvalue weighted by Crippen LogP contribution is 2.09. The average molecular weight is 321 g/mol. The first-order valence-electron chi connectivity index (χ1n) is 7.04. The summed E-state index contributed by atoms with van der Waals surface area (Å²) in [6.07, 6.45) is -0.133. The second kappa shape index (κ2) is 6.57. The third-order valence-electron chi connectivity index (χ3n) is 3.16. The number of nitrogens with zero attached hydrogens (tertiary/aromatic N) is 4. The van der Waals surface area contributed by atoms with Crippen LogP contribution in [0, 0.1) is 6.92 Å². The fraction of sp³-hybridized carbons (Fsp3) is 0.462. The molecule has 2 aromatic rings. The number of anilines is 1. The third kappa shape index (κ3) is 3.72. The van der Waals surface area contributed by atoms with Gasteiger partial charge in [0.15, 0.2) is 11.6 Å². The first-order valence-corrected chi connectivity index (χ1v) is 7.04. The number of hydrogen-bond acceptors (Lipinski definition) is 8. The van der Waals surface area contributed by atoms with Crippen molar-refractivity contribution < 1.29 is 23.4 Å². The van der Waals surface area contributed by atoms with E-state index in [0.717, 1.165) is 0 Å². The van der Waals surface area contributed by atoms with Crippen LogP contribution in [0.1, 0.15) is 22.3 Å². The SMILES string of the molecule is Cc1cc(NC(=O)Cc2noc(C(=O)N3CCOCC3)n2)no1. The Balaban J connectivity index is 1.58. The number of nitrogens with one attached hydrogen (secondary N) is 1. The summed E-state index contributed by atoms with van der Waals surface area (Å²) >= 11 is 0. The van der Waals surface area contributed by atoms with Crippen LogP contribution in [-0.2, 0) is 16.0 Å². The molecule has 10 heteroatoms. The molecule has 0 unspecified atom stereocenters. The molecule has 0 radical (unpaired) electrons. The Morgan fingerprint density at radius 1 is 1.26 bits per heavy atom. The molecule has 0 bridgehead atoms. The van der Waals surface area contributed by atoms with Gasteiger partial charge in [0.1, 0.15) is 5.76 Å². The van der Waals surface area contributed by atoms with Crippen molar-refractivity contribution in [1.82, 2.24) is 20.2 Å². The van der Waals surface area contributed by atoms with Gasteiger partial charge in [0.05, 0.1) is 19.6 Å². The van der Waals surface area contributed by atoms with Crippen LogP contribution in [-0.4, -0.2) is 58.3 Å². The number of rotatable bonds is 4. The number of hydrogen-bond donors (Lipinski definition) is 1. The summed E-state index contributed by atoms with van der Waals surface area (Å²) in [7, 11) is 0. The lowest BCUT2D eigenvalue weighted by molar-refractivity contribution is -0.115. The van der Waals surface area contributed by atoms with E-state index in [0.29, 0.717) is 37.9 Å². The van der Waals surface area contributed by atoms with Crippen molar-refractivity contribution in [2.75, 3.05) is 31.6 Å². The minimum Gasteiger partial charge on any atom is -0.378 e. The molecule has 1 N–H and O–H groups in total. The first-order chi connectivity index (χ1) is 11.1. The molecule has 1 saturated heterocycles. The quantitative estimate of drug-likeness (QED) is 0.836. The number of aromatic nitrogens is 3. The van der Waals surface area contributed by atoms with Gasteiger partial charge in [-0.15, -0.1) is 0 Å². The number of ether oxygens (including phenoxy) is 1. The van der Waals surface area contributed by atoms with Gasteiger partial charge < -0.3 is 24.0 Å². The second-order valence-electron chi connectivity index (χ2n) is 4.97. The fourth-order valence-electron chi connectivity index (χ4n) is 2.07. The van der Waals surface area contributed by atoms with Crippen LogP contribution in [0.5, 0.6) is 0 Å². The highest BCUT2D eigenvalue weighted by molar-refractivity contribution is 5.91. The Kier molecular flexibility index (Phi) is 4.33. The van der Waals surface area contributed by atoms with Crippen molar-refractivity contribution in [3.63, 3.8) is 0 Å².